The molecule has 1 atom stereocenters. The molecule has 0 spiro atoms. The molecule has 2 heterocycles. The van der Waals surface area contributed by atoms with Crippen molar-refractivity contribution in [1.29, 1.82) is 0 Å². The first kappa shape index (κ1) is 21.5. The lowest BCUT2D eigenvalue weighted by Gasteiger charge is -2.38. The maximum absolute atomic E-state index is 5.57. The second-order valence-corrected chi connectivity index (χ2v) is 8.49. The van der Waals surface area contributed by atoms with Crippen molar-refractivity contribution in [1.82, 2.24) is 24.6 Å². The Morgan fingerprint density at radius 2 is 2.00 bits per heavy atom. The van der Waals surface area contributed by atoms with Crippen LogP contribution in [0, 0.1) is 0 Å². The molecule has 2 aromatic carbocycles. The Labute approximate surface area is 185 Å². The Balaban J connectivity index is 1.35. The van der Waals surface area contributed by atoms with Crippen molar-refractivity contribution in [3.05, 3.63) is 77.9 Å². The van der Waals surface area contributed by atoms with Crippen LogP contribution in [-0.2, 0) is 19.5 Å². The summed E-state index contributed by atoms with van der Waals surface area (Å²) in [5, 5.41) is 4.23. The van der Waals surface area contributed by atoms with Crippen molar-refractivity contribution in [2.75, 3.05) is 33.8 Å². The van der Waals surface area contributed by atoms with Crippen LogP contribution in [0.2, 0.25) is 0 Å². The predicted molar refractivity (Wildman–Crippen MR) is 123 cm³/mol. The number of aromatic nitrogens is 3. The Bertz CT molecular complexity index is 928. The van der Waals surface area contributed by atoms with Crippen LogP contribution < -0.4 is 4.74 Å². The van der Waals surface area contributed by atoms with Gasteiger partial charge in [0, 0.05) is 31.2 Å². The van der Waals surface area contributed by atoms with E-state index in [1.807, 2.05) is 4.68 Å². The third kappa shape index (κ3) is 5.93. The number of likely N-dealkylation sites (tertiary alicyclic amines) is 1. The van der Waals surface area contributed by atoms with Crippen molar-refractivity contribution >= 4 is 0 Å². The number of methoxy groups -OCH3 is 1. The van der Waals surface area contributed by atoms with Crippen LogP contribution in [0.5, 0.6) is 5.75 Å². The van der Waals surface area contributed by atoms with Gasteiger partial charge in [0.1, 0.15) is 18.4 Å². The molecule has 1 unspecified atom stereocenters. The van der Waals surface area contributed by atoms with Crippen molar-refractivity contribution in [3.8, 4) is 5.75 Å². The van der Waals surface area contributed by atoms with Gasteiger partial charge in [-0.1, -0.05) is 36.4 Å². The first-order valence-electron chi connectivity index (χ1n) is 11.2. The van der Waals surface area contributed by atoms with Gasteiger partial charge in [-0.05, 0) is 56.1 Å². The van der Waals surface area contributed by atoms with Crippen molar-refractivity contribution in [3.63, 3.8) is 0 Å². The molecular formula is C25H33N5O. The summed E-state index contributed by atoms with van der Waals surface area (Å²) in [5.41, 5.74) is 3.86. The van der Waals surface area contributed by atoms with Crippen LogP contribution in [0.3, 0.4) is 0 Å². The average molecular weight is 420 g/mol. The number of benzene rings is 2. The molecule has 4 rings (SSSR count). The standard InChI is InChI=1S/C25H33N5O/c1-28(24-9-6-13-29(18-24)14-12-21-7-4-3-5-8-21)16-22-10-11-25(31-2)23(15-22)17-30-20-26-19-27-30/h3-5,7-8,10-11,15,19-20,24H,6,9,12-14,16-18H2,1-2H3. The number of nitrogens with zero attached hydrogens (tertiary/aromatic N) is 5. The number of hydrogen-bond acceptors (Lipinski definition) is 5. The summed E-state index contributed by atoms with van der Waals surface area (Å²) in [5.74, 6) is 0.895. The molecule has 0 saturated carbocycles. The first-order chi connectivity index (χ1) is 15.2. The number of rotatable bonds is 9. The lowest BCUT2D eigenvalue weighted by Crippen LogP contribution is -2.46. The minimum Gasteiger partial charge on any atom is -0.496 e. The molecule has 1 saturated heterocycles. The van der Waals surface area contributed by atoms with Crippen LogP contribution in [-0.4, -0.2) is 64.4 Å². The molecule has 1 aliphatic heterocycles. The zero-order valence-electron chi connectivity index (χ0n) is 18.7. The fourth-order valence-corrected chi connectivity index (χ4v) is 4.49. The Morgan fingerprint density at radius 1 is 1.13 bits per heavy atom. The summed E-state index contributed by atoms with van der Waals surface area (Å²) < 4.78 is 7.40. The van der Waals surface area contributed by atoms with Gasteiger partial charge in [-0.3, -0.25) is 4.90 Å². The molecule has 1 fully saturated rings. The molecule has 6 nitrogen and oxygen atoms in total. The summed E-state index contributed by atoms with van der Waals surface area (Å²) in [6, 6.07) is 17.9. The van der Waals surface area contributed by atoms with E-state index in [0.29, 0.717) is 12.6 Å². The molecule has 1 aliphatic rings. The topological polar surface area (TPSA) is 46.4 Å². The second-order valence-electron chi connectivity index (χ2n) is 8.49. The summed E-state index contributed by atoms with van der Waals surface area (Å²) in [7, 11) is 3.98. The minimum atomic E-state index is 0.588. The maximum Gasteiger partial charge on any atom is 0.137 e. The maximum atomic E-state index is 5.57. The first-order valence-corrected chi connectivity index (χ1v) is 11.2. The van der Waals surface area contributed by atoms with Crippen LogP contribution >= 0.6 is 0 Å². The van der Waals surface area contributed by atoms with Gasteiger partial charge in [0.05, 0.1) is 13.7 Å². The Morgan fingerprint density at radius 3 is 2.77 bits per heavy atom. The summed E-state index contributed by atoms with van der Waals surface area (Å²) in [6.45, 7) is 5.09. The van der Waals surface area contributed by atoms with Crippen LogP contribution in [0.25, 0.3) is 0 Å². The highest BCUT2D eigenvalue weighted by Gasteiger charge is 2.23. The molecule has 0 bridgehead atoms. The predicted octanol–water partition coefficient (Wildman–Crippen LogP) is 3.47. The molecule has 6 heteroatoms. The lowest BCUT2D eigenvalue weighted by molar-refractivity contribution is 0.112. The van der Waals surface area contributed by atoms with Gasteiger partial charge in [-0.15, -0.1) is 0 Å². The van der Waals surface area contributed by atoms with E-state index in [1.54, 1.807) is 19.8 Å². The van der Waals surface area contributed by atoms with Crippen LogP contribution in [0.4, 0.5) is 0 Å². The average Bonchev–Trinajstić information content (AvgIpc) is 3.32. The molecular weight excluding hydrogens is 386 g/mol. The number of hydrogen-bond donors (Lipinski definition) is 0. The smallest absolute Gasteiger partial charge is 0.137 e. The molecule has 0 radical (unpaired) electrons. The van der Waals surface area contributed by atoms with E-state index in [0.717, 1.165) is 37.4 Å². The van der Waals surface area contributed by atoms with Gasteiger partial charge in [0.25, 0.3) is 0 Å². The lowest BCUT2D eigenvalue weighted by atomic mass is 10.0. The van der Waals surface area contributed by atoms with Gasteiger partial charge < -0.3 is 9.64 Å². The highest BCUT2D eigenvalue weighted by Crippen LogP contribution is 2.23. The van der Waals surface area contributed by atoms with E-state index in [1.165, 1.54) is 30.5 Å². The van der Waals surface area contributed by atoms with Crippen molar-refractivity contribution in [2.45, 2.75) is 38.4 Å². The van der Waals surface area contributed by atoms with Gasteiger partial charge in [-0.2, -0.15) is 5.10 Å². The van der Waals surface area contributed by atoms with E-state index in [-0.39, 0.29) is 0 Å². The quantitative estimate of drug-likeness (QED) is 0.531. The molecule has 164 valence electrons. The van der Waals surface area contributed by atoms with Crippen molar-refractivity contribution in [2.24, 2.45) is 0 Å². The Kier molecular flexibility index (Phi) is 7.33. The largest absolute Gasteiger partial charge is 0.496 e. The van der Waals surface area contributed by atoms with Gasteiger partial charge in [0.15, 0.2) is 0 Å². The summed E-state index contributed by atoms with van der Waals surface area (Å²) in [6.07, 6.45) is 6.96. The van der Waals surface area contributed by atoms with Gasteiger partial charge >= 0.3 is 0 Å². The summed E-state index contributed by atoms with van der Waals surface area (Å²) >= 11 is 0. The Hall–Kier alpha value is -2.70. The SMILES string of the molecule is COc1ccc(CN(C)C2CCCN(CCc3ccccc3)C2)cc1Cn1cncn1. The van der Waals surface area contributed by atoms with E-state index < -0.39 is 0 Å². The minimum absolute atomic E-state index is 0.588. The molecule has 1 aromatic heterocycles. The molecule has 3 aromatic rings. The third-order valence-electron chi connectivity index (χ3n) is 6.24. The van der Waals surface area contributed by atoms with E-state index in [2.05, 4.69) is 75.5 Å². The molecule has 0 aliphatic carbocycles. The molecule has 31 heavy (non-hydrogen) atoms. The number of likely N-dealkylation sites (N-methyl/N-ethyl adjacent to an activating group) is 1. The summed E-state index contributed by atoms with van der Waals surface area (Å²) in [4.78, 5) is 9.18. The number of ether oxygens (including phenoxy) is 1. The zero-order valence-corrected chi connectivity index (χ0v) is 18.7. The third-order valence-corrected chi connectivity index (χ3v) is 6.24. The van der Waals surface area contributed by atoms with Crippen molar-refractivity contribution < 1.29 is 4.74 Å². The fourth-order valence-electron chi connectivity index (χ4n) is 4.49. The van der Waals surface area contributed by atoms with E-state index >= 15 is 0 Å². The van der Waals surface area contributed by atoms with E-state index in [9.17, 15) is 0 Å². The second kappa shape index (κ2) is 10.6. The zero-order chi connectivity index (χ0) is 21.5. The fraction of sp³-hybridized carbons (Fsp3) is 0.440. The highest BCUT2D eigenvalue weighted by molar-refractivity contribution is 5.37. The number of piperidine rings is 1. The van der Waals surface area contributed by atoms with Crippen LogP contribution in [0.15, 0.2) is 61.2 Å². The van der Waals surface area contributed by atoms with E-state index in [4.69, 9.17) is 4.74 Å². The van der Waals surface area contributed by atoms with Gasteiger partial charge in [0.2, 0.25) is 0 Å². The normalized spacial score (nSPS) is 17.2. The van der Waals surface area contributed by atoms with Gasteiger partial charge in [-0.25, -0.2) is 9.67 Å². The highest BCUT2D eigenvalue weighted by atomic mass is 16.5. The molecule has 0 N–H and O–H groups in total. The molecule has 0 amide bonds. The monoisotopic (exact) mass is 419 g/mol. The van der Waals surface area contributed by atoms with Crippen LogP contribution in [0.1, 0.15) is 29.5 Å².